The summed E-state index contributed by atoms with van der Waals surface area (Å²) in [5.74, 6) is -0.747. The van der Waals surface area contributed by atoms with Gasteiger partial charge in [-0.1, -0.05) is 11.6 Å². The van der Waals surface area contributed by atoms with Crippen LogP contribution >= 0.6 is 11.6 Å². The summed E-state index contributed by atoms with van der Waals surface area (Å²) < 4.78 is 18.1. The molecule has 0 radical (unpaired) electrons. The molecule has 1 aromatic carbocycles. The van der Waals surface area contributed by atoms with Crippen molar-refractivity contribution in [2.24, 2.45) is 0 Å². The van der Waals surface area contributed by atoms with Crippen molar-refractivity contribution in [3.05, 3.63) is 28.5 Å². The van der Waals surface area contributed by atoms with E-state index in [0.29, 0.717) is 11.3 Å². The molecular formula is C12H15ClFNO2. The Bertz CT molecular complexity index is 421. The molecule has 0 aliphatic heterocycles. The molecule has 94 valence electrons. The minimum atomic E-state index is -0.377. The molecule has 1 rings (SSSR count). The summed E-state index contributed by atoms with van der Waals surface area (Å²) in [4.78, 5) is 11.3. The number of esters is 1. The maximum absolute atomic E-state index is 13.1. The summed E-state index contributed by atoms with van der Waals surface area (Å²) in [5.41, 5.74) is 0.986. The molecule has 0 aliphatic rings. The normalized spacial score (nSPS) is 10.5. The van der Waals surface area contributed by atoms with Gasteiger partial charge in [0.1, 0.15) is 12.4 Å². The monoisotopic (exact) mass is 259 g/mol. The molecule has 0 spiro atoms. The molecule has 0 unspecified atom stereocenters. The van der Waals surface area contributed by atoms with Gasteiger partial charge in [0.05, 0.1) is 16.8 Å². The molecule has 0 saturated heterocycles. The summed E-state index contributed by atoms with van der Waals surface area (Å²) >= 11 is 5.84. The van der Waals surface area contributed by atoms with Gasteiger partial charge in [-0.05, 0) is 38.5 Å². The zero-order valence-electron chi connectivity index (χ0n) is 10.0. The van der Waals surface area contributed by atoms with Gasteiger partial charge < -0.3 is 10.1 Å². The highest BCUT2D eigenvalue weighted by molar-refractivity contribution is 6.33. The summed E-state index contributed by atoms with van der Waals surface area (Å²) in [5, 5.41) is 3.05. The van der Waals surface area contributed by atoms with E-state index < -0.39 is 0 Å². The Balaban J connectivity index is 2.63. The summed E-state index contributed by atoms with van der Waals surface area (Å²) in [6, 6.07) is 2.77. The molecule has 0 amide bonds. The Morgan fingerprint density at radius 2 is 2.18 bits per heavy atom. The third-order valence-corrected chi connectivity index (χ3v) is 2.35. The lowest BCUT2D eigenvalue weighted by molar-refractivity contribution is -0.145. The Morgan fingerprint density at radius 1 is 1.53 bits per heavy atom. The van der Waals surface area contributed by atoms with Crippen LogP contribution in [0.4, 0.5) is 10.1 Å². The van der Waals surface area contributed by atoms with Crippen LogP contribution in [-0.4, -0.2) is 18.6 Å². The van der Waals surface area contributed by atoms with E-state index in [-0.39, 0.29) is 29.5 Å². The Morgan fingerprint density at radius 3 is 2.76 bits per heavy atom. The average Bonchev–Trinajstić information content (AvgIpc) is 2.20. The number of ether oxygens (including phenoxy) is 1. The highest BCUT2D eigenvalue weighted by atomic mass is 35.5. The minimum Gasteiger partial charge on any atom is -0.462 e. The quantitative estimate of drug-likeness (QED) is 0.844. The van der Waals surface area contributed by atoms with E-state index in [2.05, 4.69) is 5.32 Å². The molecule has 1 aromatic rings. The minimum absolute atomic E-state index is 0.00295. The lowest BCUT2D eigenvalue weighted by Gasteiger charge is -2.11. The van der Waals surface area contributed by atoms with Crippen LogP contribution in [0.2, 0.25) is 5.02 Å². The van der Waals surface area contributed by atoms with E-state index in [9.17, 15) is 9.18 Å². The Labute approximate surface area is 105 Å². The molecule has 5 heteroatoms. The second kappa shape index (κ2) is 5.87. The van der Waals surface area contributed by atoms with Gasteiger partial charge >= 0.3 is 5.97 Å². The van der Waals surface area contributed by atoms with Crippen molar-refractivity contribution < 1.29 is 13.9 Å². The molecule has 0 saturated carbocycles. The fraction of sp³-hybridized carbons (Fsp3) is 0.417. The van der Waals surface area contributed by atoms with Crippen molar-refractivity contribution in [1.29, 1.82) is 0 Å². The number of rotatable bonds is 4. The van der Waals surface area contributed by atoms with Crippen LogP contribution in [0.25, 0.3) is 0 Å². The first kappa shape index (κ1) is 13.8. The fourth-order valence-corrected chi connectivity index (χ4v) is 1.48. The van der Waals surface area contributed by atoms with Gasteiger partial charge in [0.2, 0.25) is 0 Å². The zero-order valence-corrected chi connectivity index (χ0v) is 10.8. The molecular weight excluding hydrogens is 245 g/mol. The number of aryl methyl sites for hydroxylation is 1. The van der Waals surface area contributed by atoms with Crippen LogP contribution < -0.4 is 5.32 Å². The second-order valence-corrected chi connectivity index (χ2v) is 4.38. The van der Waals surface area contributed by atoms with Gasteiger partial charge in [-0.25, -0.2) is 4.39 Å². The highest BCUT2D eigenvalue weighted by Gasteiger charge is 2.09. The van der Waals surface area contributed by atoms with Crippen molar-refractivity contribution in [2.45, 2.75) is 26.9 Å². The number of anilines is 1. The predicted molar refractivity (Wildman–Crippen MR) is 65.9 cm³/mol. The topological polar surface area (TPSA) is 38.3 Å². The van der Waals surface area contributed by atoms with Crippen LogP contribution in [-0.2, 0) is 9.53 Å². The Hall–Kier alpha value is -1.29. The van der Waals surface area contributed by atoms with Gasteiger partial charge in [0, 0.05) is 0 Å². The van der Waals surface area contributed by atoms with Crippen LogP contribution in [0.3, 0.4) is 0 Å². The van der Waals surface area contributed by atoms with Crippen molar-refractivity contribution in [2.75, 3.05) is 11.9 Å². The molecule has 3 nitrogen and oxygen atoms in total. The molecule has 0 heterocycles. The third-order valence-electron chi connectivity index (χ3n) is 2.04. The van der Waals surface area contributed by atoms with Crippen LogP contribution in [0.15, 0.2) is 12.1 Å². The number of hydrogen-bond acceptors (Lipinski definition) is 3. The van der Waals surface area contributed by atoms with Gasteiger partial charge in [-0.15, -0.1) is 0 Å². The lowest BCUT2D eigenvalue weighted by atomic mass is 10.2. The molecule has 0 aliphatic carbocycles. The van der Waals surface area contributed by atoms with Crippen LogP contribution in [0.1, 0.15) is 19.4 Å². The first-order valence-corrected chi connectivity index (χ1v) is 5.67. The first-order valence-electron chi connectivity index (χ1n) is 5.29. The molecule has 0 atom stereocenters. The SMILES string of the molecule is Cc1cc(NCC(=O)OC(C)C)c(Cl)cc1F. The van der Waals surface area contributed by atoms with Crippen molar-refractivity contribution in [1.82, 2.24) is 0 Å². The molecule has 1 N–H and O–H groups in total. The van der Waals surface area contributed by atoms with Crippen molar-refractivity contribution in [3.8, 4) is 0 Å². The Kier molecular flexibility index (Phi) is 4.75. The van der Waals surface area contributed by atoms with E-state index >= 15 is 0 Å². The second-order valence-electron chi connectivity index (χ2n) is 3.97. The van der Waals surface area contributed by atoms with Crippen molar-refractivity contribution in [3.63, 3.8) is 0 Å². The van der Waals surface area contributed by atoms with Crippen LogP contribution in [0, 0.1) is 12.7 Å². The summed E-state index contributed by atoms with van der Waals surface area (Å²) in [7, 11) is 0. The number of benzene rings is 1. The summed E-state index contributed by atoms with van der Waals surface area (Å²) in [6.07, 6.45) is -0.158. The first-order chi connectivity index (χ1) is 7.90. The van der Waals surface area contributed by atoms with E-state index in [0.717, 1.165) is 0 Å². The van der Waals surface area contributed by atoms with Gasteiger partial charge in [0.15, 0.2) is 0 Å². The maximum Gasteiger partial charge on any atom is 0.325 e. The van der Waals surface area contributed by atoms with E-state index in [1.807, 2.05) is 0 Å². The third kappa shape index (κ3) is 4.23. The van der Waals surface area contributed by atoms with Gasteiger partial charge in [-0.2, -0.15) is 0 Å². The van der Waals surface area contributed by atoms with E-state index in [1.165, 1.54) is 6.07 Å². The highest BCUT2D eigenvalue weighted by Crippen LogP contribution is 2.24. The van der Waals surface area contributed by atoms with E-state index in [1.54, 1.807) is 26.8 Å². The van der Waals surface area contributed by atoms with Gasteiger partial charge in [0.25, 0.3) is 0 Å². The lowest BCUT2D eigenvalue weighted by Crippen LogP contribution is -2.20. The number of carbonyl (C=O) groups excluding carboxylic acids is 1. The fourth-order valence-electron chi connectivity index (χ4n) is 1.26. The number of hydrogen-bond donors (Lipinski definition) is 1. The number of halogens is 2. The zero-order chi connectivity index (χ0) is 13.0. The van der Waals surface area contributed by atoms with Crippen LogP contribution in [0.5, 0.6) is 0 Å². The van der Waals surface area contributed by atoms with Gasteiger partial charge in [-0.3, -0.25) is 4.79 Å². The van der Waals surface area contributed by atoms with E-state index in [4.69, 9.17) is 16.3 Å². The average molecular weight is 260 g/mol. The molecule has 0 fully saturated rings. The molecule has 0 bridgehead atoms. The van der Waals surface area contributed by atoms with Crippen molar-refractivity contribution >= 4 is 23.3 Å². The summed E-state index contributed by atoms with van der Waals surface area (Å²) in [6.45, 7) is 5.17. The standard InChI is InChI=1S/C12H15ClFNO2/c1-7(2)17-12(16)6-15-11-4-8(3)10(14)5-9(11)13/h4-5,7,15H,6H2,1-3H3. The largest absolute Gasteiger partial charge is 0.462 e. The number of carbonyl (C=O) groups is 1. The maximum atomic E-state index is 13.1. The predicted octanol–water partition coefficient (Wildman–Crippen LogP) is 3.15. The molecule has 0 aromatic heterocycles. The molecule has 17 heavy (non-hydrogen) atoms. The smallest absolute Gasteiger partial charge is 0.325 e. The number of nitrogens with one attached hydrogen (secondary N) is 1.